The molecule has 248 valence electrons. The maximum Gasteiger partial charge on any atom is 0.119 e. The fraction of sp³-hybridized carbons (Fsp3) is 0.0698. The van der Waals surface area contributed by atoms with Crippen LogP contribution in [0.25, 0.3) is 0 Å². The van der Waals surface area contributed by atoms with Gasteiger partial charge in [0.15, 0.2) is 0 Å². The molecular weight excluding hydrogens is 652 g/mol. The molecule has 1 aromatic heterocycles. The van der Waals surface area contributed by atoms with Crippen molar-refractivity contribution in [3.8, 4) is 11.5 Å². The highest BCUT2D eigenvalue weighted by molar-refractivity contribution is 7.88. The van der Waals surface area contributed by atoms with Crippen molar-refractivity contribution >= 4 is 57.6 Å². The van der Waals surface area contributed by atoms with Crippen LogP contribution in [0.1, 0.15) is 0 Å². The SMILES string of the molecule is COc1ccc(N=P(c2ccccc2)(c2ccccc2)c2ccc(P(=Nc3ccc(OC)cc3)(c3ccccc3)c3ccccc3)n2C)cc1. The van der Waals surface area contributed by atoms with Crippen molar-refractivity contribution in [1.82, 2.24) is 4.57 Å². The van der Waals surface area contributed by atoms with Gasteiger partial charge in [0.2, 0.25) is 0 Å². The summed E-state index contributed by atoms with van der Waals surface area (Å²) in [6.45, 7) is 0. The average Bonchev–Trinajstić information content (AvgIpc) is 3.59. The topological polar surface area (TPSA) is 48.1 Å². The maximum absolute atomic E-state index is 5.78. The molecule has 7 aromatic rings. The van der Waals surface area contributed by atoms with Gasteiger partial charge in [-0.25, -0.2) is 0 Å². The van der Waals surface area contributed by atoms with Gasteiger partial charge >= 0.3 is 0 Å². The molecule has 0 aliphatic heterocycles. The number of methoxy groups -OCH3 is 2. The molecule has 0 aliphatic carbocycles. The Morgan fingerprint density at radius 1 is 0.380 bits per heavy atom. The molecule has 6 aromatic carbocycles. The lowest BCUT2D eigenvalue weighted by molar-refractivity contribution is 0.415. The zero-order chi connectivity index (χ0) is 34.4. The molecule has 0 saturated heterocycles. The van der Waals surface area contributed by atoms with Crippen LogP contribution in [-0.2, 0) is 7.05 Å². The summed E-state index contributed by atoms with van der Waals surface area (Å²) in [5.41, 5.74) is 4.07. The lowest BCUT2D eigenvalue weighted by Crippen LogP contribution is -2.35. The van der Waals surface area contributed by atoms with Gasteiger partial charge in [0.1, 0.15) is 11.5 Å². The second-order valence-electron chi connectivity index (χ2n) is 11.8. The summed E-state index contributed by atoms with van der Waals surface area (Å²) < 4.78 is 25.0. The Balaban J connectivity index is 1.60. The zero-order valence-corrected chi connectivity index (χ0v) is 30.2. The Morgan fingerprint density at radius 3 is 0.920 bits per heavy atom. The molecule has 5 nitrogen and oxygen atoms in total. The summed E-state index contributed by atoms with van der Waals surface area (Å²) >= 11 is 0. The number of aromatic nitrogens is 1. The number of ether oxygens (including phenoxy) is 2. The summed E-state index contributed by atoms with van der Waals surface area (Å²) in [7, 11) is 0.263. The summed E-state index contributed by atoms with van der Waals surface area (Å²) in [6, 6.07) is 63.7. The highest BCUT2D eigenvalue weighted by Gasteiger charge is 2.36. The van der Waals surface area contributed by atoms with E-state index in [0.717, 1.165) is 33.7 Å². The first kappa shape index (κ1) is 33.2. The Labute approximate surface area is 294 Å². The van der Waals surface area contributed by atoms with E-state index in [4.69, 9.17) is 19.0 Å². The van der Waals surface area contributed by atoms with Crippen molar-refractivity contribution < 1.29 is 9.47 Å². The molecule has 7 heteroatoms. The van der Waals surface area contributed by atoms with Crippen molar-refractivity contribution in [3.05, 3.63) is 182 Å². The molecule has 0 aliphatic rings. The molecule has 50 heavy (non-hydrogen) atoms. The average molecular weight is 692 g/mol. The minimum atomic E-state index is -2.65. The molecule has 0 saturated carbocycles. The Bertz CT molecular complexity index is 2040. The van der Waals surface area contributed by atoms with Crippen molar-refractivity contribution in [2.75, 3.05) is 14.2 Å². The molecule has 0 fully saturated rings. The van der Waals surface area contributed by atoms with Crippen LogP contribution in [0.2, 0.25) is 0 Å². The lowest BCUT2D eigenvalue weighted by Gasteiger charge is -2.30. The van der Waals surface area contributed by atoms with Crippen LogP contribution in [0.3, 0.4) is 0 Å². The van der Waals surface area contributed by atoms with Crippen molar-refractivity contribution in [3.63, 3.8) is 0 Å². The van der Waals surface area contributed by atoms with Crippen LogP contribution < -0.4 is 41.6 Å². The van der Waals surface area contributed by atoms with Crippen LogP contribution >= 0.6 is 14.1 Å². The quantitative estimate of drug-likeness (QED) is 0.135. The molecule has 0 N–H and O–H groups in total. The second-order valence-corrected chi connectivity index (χ2v) is 17.7. The van der Waals surface area contributed by atoms with Crippen molar-refractivity contribution in [2.45, 2.75) is 0 Å². The molecular formula is C43H39N3O2P2. The van der Waals surface area contributed by atoms with Gasteiger partial charge in [-0.3, -0.25) is 9.49 Å². The monoisotopic (exact) mass is 691 g/mol. The lowest BCUT2D eigenvalue weighted by atomic mass is 10.3. The van der Waals surface area contributed by atoms with Crippen molar-refractivity contribution in [2.24, 2.45) is 16.5 Å². The highest BCUT2D eigenvalue weighted by Crippen LogP contribution is 2.53. The number of nitrogens with zero attached hydrogens (tertiary/aromatic N) is 3. The van der Waals surface area contributed by atoms with E-state index in [1.807, 2.05) is 48.5 Å². The van der Waals surface area contributed by atoms with E-state index in [2.05, 4.69) is 145 Å². The van der Waals surface area contributed by atoms with Gasteiger partial charge in [-0.15, -0.1) is 0 Å². The van der Waals surface area contributed by atoms with E-state index in [1.165, 1.54) is 21.2 Å². The molecule has 7 rings (SSSR count). The highest BCUT2D eigenvalue weighted by atomic mass is 31.2. The van der Waals surface area contributed by atoms with Crippen LogP contribution in [0.15, 0.2) is 191 Å². The fourth-order valence-corrected chi connectivity index (χ4v) is 14.0. The van der Waals surface area contributed by atoms with Gasteiger partial charge in [-0.1, -0.05) is 121 Å². The Kier molecular flexibility index (Phi) is 9.72. The van der Waals surface area contributed by atoms with Gasteiger partial charge in [-0.05, 0) is 60.7 Å². The Hall–Kier alpha value is -5.34. The number of hydrogen-bond donors (Lipinski definition) is 0. The van der Waals surface area contributed by atoms with E-state index in [9.17, 15) is 0 Å². The van der Waals surface area contributed by atoms with Gasteiger partial charge in [0, 0.05) is 28.3 Å². The molecule has 0 spiro atoms. The van der Waals surface area contributed by atoms with Crippen LogP contribution in [0.5, 0.6) is 11.5 Å². The van der Waals surface area contributed by atoms with Gasteiger partial charge in [0.25, 0.3) is 0 Å². The third kappa shape index (κ3) is 6.16. The third-order valence-electron chi connectivity index (χ3n) is 8.93. The molecule has 1 heterocycles. The molecule has 0 atom stereocenters. The third-order valence-corrected chi connectivity index (χ3v) is 16.4. The maximum atomic E-state index is 5.78. The van der Waals surface area contributed by atoms with E-state index < -0.39 is 14.1 Å². The minimum Gasteiger partial charge on any atom is -0.497 e. The van der Waals surface area contributed by atoms with E-state index in [1.54, 1.807) is 14.2 Å². The first-order chi connectivity index (χ1) is 24.6. The predicted molar refractivity (Wildman–Crippen MR) is 213 cm³/mol. The number of benzene rings is 6. The van der Waals surface area contributed by atoms with E-state index in [-0.39, 0.29) is 0 Å². The van der Waals surface area contributed by atoms with Crippen LogP contribution in [0, 0.1) is 0 Å². The molecule has 0 unspecified atom stereocenters. The fourth-order valence-electron chi connectivity index (χ4n) is 6.52. The summed E-state index contributed by atoms with van der Waals surface area (Å²) in [5.74, 6) is 1.60. The van der Waals surface area contributed by atoms with Gasteiger partial charge in [-0.2, -0.15) is 0 Å². The smallest absolute Gasteiger partial charge is 0.119 e. The summed E-state index contributed by atoms with van der Waals surface area (Å²) in [6.07, 6.45) is 0. The van der Waals surface area contributed by atoms with Crippen LogP contribution in [-0.4, -0.2) is 18.8 Å². The predicted octanol–water partition coefficient (Wildman–Crippen LogP) is 8.66. The molecule has 0 radical (unpaired) electrons. The van der Waals surface area contributed by atoms with Gasteiger partial charge in [0.05, 0.1) is 50.6 Å². The first-order valence-electron chi connectivity index (χ1n) is 16.5. The minimum absolute atomic E-state index is 0.800. The number of rotatable bonds is 10. The van der Waals surface area contributed by atoms with Crippen LogP contribution in [0.4, 0.5) is 11.4 Å². The standard InChI is InChI=1S/C43H39N3O2P2/c1-46-42(49(38-16-8-4-9-17-38,39-18-10-5-11-19-39)44-34-24-28-36(47-2)29-25-34)32-33-43(46)50(40-20-12-6-13-21-40,41-22-14-7-15-23-41)45-35-26-30-37(48-3)31-27-35/h4-33H,1-3H3. The molecule has 0 amide bonds. The molecule has 0 bridgehead atoms. The Morgan fingerprint density at radius 2 is 0.660 bits per heavy atom. The summed E-state index contributed by atoms with van der Waals surface area (Å²) in [5, 5.41) is 4.69. The van der Waals surface area contributed by atoms with E-state index >= 15 is 0 Å². The van der Waals surface area contributed by atoms with E-state index in [0.29, 0.717) is 0 Å². The van der Waals surface area contributed by atoms with Gasteiger partial charge < -0.3 is 14.0 Å². The summed E-state index contributed by atoms with van der Waals surface area (Å²) in [4.78, 5) is 0. The number of hydrogen-bond acceptors (Lipinski definition) is 4. The normalized spacial score (nSPS) is 11.5. The van der Waals surface area contributed by atoms with Crippen molar-refractivity contribution in [1.29, 1.82) is 0 Å². The second kappa shape index (κ2) is 14.6. The zero-order valence-electron chi connectivity index (χ0n) is 28.4. The first-order valence-corrected chi connectivity index (χ1v) is 20.0. The largest absolute Gasteiger partial charge is 0.497 e.